The van der Waals surface area contributed by atoms with Gasteiger partial charge in [-0.2, -0.15) is 0 Å². The summed E-state index contributed by atoms with van der Waals surface area (Å²) < 4.78 is 0. The molecule has 0 atom stereocenters. The average Bonchev–Trinajstić information content (AvgIpc) is 2.69. The Hall–Kier alpha value is -1.14. The van der Waals surface area contributed by atoms with E-state index in [1.165, 1.54) is 4.88 Å². The first-order valence-electron chi connectivity index (χ1n) is 5.42. The molecule has 4 N–H and O–H groups in total. The van der Waals surface area contributed by atoms with Crippen LogP contribution in [0.25, 0.3) is 0 Å². The van der Waals surface area contributed by atoms with E-state index < -0.39 is 0 Å². The second-order valence-electron chi connectivity index (χ2n) is 3.45. The van der Waals surface area contributed by atoms with Crippen LogP contribution in [0.4, 0.5) is 0 Å². The summed E-state index contributed by atoms with van der Waals surface area (Å²) in [7, 11) is 0. The number of rotatable bonds is 5. The largest absolute Gasteiger partial charge is 0.355 e. The molecule has 0 amide bonds. The van der Waals surface area contributed by atoms with Gasteiger partial charge in [-0.15, -0.1) is 11.3 Å². The average molecular weight is 241 g/mol. The van der Waals surface area contributed by atoms with Crippen LogP contribution in [0.1, 0.15) is 29.7 Å². The van der Waals surface area contributed by atoms with Gasteiger partial charge in [-0.25, -0.2) is 15.8 Å². The fourth-order valence-corrected chi connectivity index (χ4v) is 1.87. The maximum absolute atomic E-state index is 5.36. The number of nitrogens with one attached hydrogen (secondary N) is 2. The Morgan fingerprint density at radius 1 is 1.62 bits per heavy atom. The summed E-state index contributed by atoms with van der Waals surface area (Å²) >= 11 is 1.65. The monoisotopic (exact) mass is 241 g/mol. The van der Waals surface area contributed by atoms with E-state index in [9.17, 15) is 0 Å². The van der Waals surface area contributed by atoms with Gasteiger partial charge in [0.1, 0.15) is 5.01 Å². The summed E-state index contributed by atoms with van der Waals surface area (Å²) in [5.41, 5.74) is 2.55. The quantitative estimate of drug-likeness (QED) is 0.238. The third kappa shape index (κ3) is 4.59. The lowest BCUT2D eigenvalue weighted by Gasteiger charge is -2.07. The smallest absolute Gasteiger partial charge is 0.206 e. The normalized spacial score (nSPS) is 11.6. The van der Waals surface area contributed by atoms with E-state index in [-0.39, 0.29) is 0 Å². The van der Waals surface area contributed by atoms with Gasteiger partial charge in [-0.1, -0.05) is 13.3 Å². The molecule has 6 heteroatoms. The lowest BCUT2D eigenvalue weighted by atomic mass is 10.3. The van der Waals surface area contributed by atoms with Crippen molar-refractivity contribution in [3.63, 3.8) is 0 Å². The van der Waals surface area contributed by atoms with Gasteiger partial charge in [0.25, 0.3) is 0 Å². The molecule has 5 nitrogen and oxygen atoms in total. The number of nitrogens with zero attached hydrogens (tertiary/aromatic N) is 2. The molecule has 0 radical (unpaired) electrons. The standard InChI is InChI=1S/C10H19N5S/c1-3-4-5-12-10(15-11)14-7-9-13-6-8(2)16-9/h6H,3-5,7,11H2,1-2H3,(H2,12,14,15). The topological polar surface area (TPSA) is 75.3 Å². The minimum atomic E-state index is 0.567. The van der Waals surface area contributed by atoms with E-state index in [1.807, 2.05) is 13.1 Å². The molecule has 1 rings (SSSR count). The van der Waals surface area contributed by atoms with Crippen LogP contribution in [0.15, 0.2) is 11.2 Å². The van der Waals surface area contributed by atoms with Gasteiger partial charge >= 0.3 is 0 Å². The summed E-state index contributed by atoms with van der Waals surface area (Å²) in [4.78, 5) is 9.75. The van der Waals surface area contributed by atoms with Gasteiger partial charge < -0.3 is 5.32 Å². The Morgan fingerprint density at radius 3 is 3.00 bits per heavy atom. The Kier molecular flexibility index (Phi) is 5.81. The van der Waals surface area contributed by atoms with Crippen LogP contribution < -0.4 is 16.6 Å². The molecule has 1 aromatic heterocycles. The number of aromatic nitrogens is 1. The number of aryl methyl sites for hydroxylation is 1. The number of thiazole rings is 1. The first kappa shape index (κ1) is 12.9. The van der Waals surface area contributed by atoms with Crippen molar-refractivity contribution >= 4 is 17.3 Å². The Bertz CT molecular complexity index is 334. The second-order valence-corrected chi connectivity index (χ2v) is 4.77. The van der Waals surface area contributed by atoms with Gasteiger partial charge in [0.05, 0.1) is 6.54 Å². The lowest BCUT2D eigenvalue weighted by molar-refractivity contribution is 0.731. The van der Waals surface area contributed by atoms with Gasteiger partial charge in [-0.05, 0) is 13.3 Å². The molecular weight excluding hydrogens is 222 g/mol. The Morgan fingerprint density at radius 2 is 2.44 bits per heavy atom. The van der Waals surface area contributed by atoms with Crippen LogP contribution >= 0.6 is 11.3 Å². The highest BCUT2D eigenvalue weighted by molar-refractivity contribution is 7.11. The van der Waals surface area contributed by atoms with E-state index >= 15 is 0 Å². The zero-order valence-electron chi connectivity index (χ0n) is 9.79. The van der Waals surface area contributed by atoms with Crippen molar-refractivity contribution < 1.29 is 0 Å². The molecule has 90 valence electrons. The van der Waals surface area contributed by atoms with E-state index in [2.05, 4.69) is 27.6 Å². The van der Waals surface area contributed by atoms with Crippen molar-refractivity contribution in [3.8, 4) is 0 Å². The number of nitrogens with two attached hydrogens (primary N) is 1. The molecule has 1 aromatic rings. The van der Waals surface area contributed by atoms with E-state index in [0.717, 1.165) is 24.4 Å². The van der Waals surface area contributed by atoms with Crippen LogP contribution in [-0.4, -0.2) is 17.5 Å². The SMILES string of the molecule is CCCCNC(=NCc1ncc(C)s1)NN. The zero-order chi connectivity index (χ0) is 11.8. The molecule has 0 aliphatic carbocycles. The van der Waals surface area contributed by atoms with Crippen LogP contribution in [0.2, 0.25) is 0 Å². The summed E-state index contributed by atoms with van der Waals surface area (Å²) in [6.45, 7) is 5.63. The maximum Gasteiger partial charge on any atom is 0.206 e. The molecule has 0 aromatic carbocycles. The van der Waals surface area contributed by atoms with Crippen LogP contribution in [0.5, 0.6) is 0 Å². The molecule has 0 aliphatic heterocycles. The van der Waals surface area contributed by atoms with Crippen molar-refractivity contribution in [1.29, 1.82) is 0 Å². The van der Waals surface area contributed by atoms with E-state index in [0.29, 0.717) is 12.5 Å². The zero-order valence-corrected chi connectivity index (χ0v) is 10.6. The predicted molar refractivity (Wildman–Crippen MR) is 68.2 cm³/mol. The van der Waals surface area contributed by atoms with Crippen molar-refractivity contribution in [1.82, 2.24) is 15.7 Å². The fraction of sp³-hybridized carbons (Fsp3) is 0.600. The van der Waals surface area contributed by atoms with E-state index in [1.54, 1.807) is 11.3 Å². The van der Waals surface area contributed by atoms with E-state index in [4.69, 9.17) is 5.84 Å². The summed E-state index contributed by atoms with van der Waals surface area (Å²) in [6, 6.07) is 0. The molecule has 1 heterocycles. The summed E-state index contributed by atoms with van der Waals surface area (Å²) in [5.74, 6) is 5.99. The van der Waals surface area contributed by atoms with Crippen molar-refractivity contribution in [2.24, 2.45) is 10.8 Å². The first-order valence-corrected chi connectivity index (χ1v) is 6.24. The molecule has 0 aliphatic rings. The summed E-state index contributed by atoms with van der Waals surface area (Å²) in [6.07, 6.45) is 4.11. The van der Waals surface area contributed by atoms with Gasteiger partial charge in [0, 0.05) is 17.6 Å². The van der Waals surface area contributed by atoms with Crippen molar-refractivity contribution in [2.75, 3.05) is 6.54 Å². The minimum absolute atomic E-state index is 0.567. The number of guanidine groups is 1. The van der Waals surface area contributed by atoms with Crippen LogP contribution in [0, 0.1) is 6.92 Å². The first-order chi connectivity index (χ1) is 7.76. The number of hydrogen-bond acceptors (Lipinski definition) is 4. The maximum atomic E-state index is 5.36. The molecule has 0 bridgehead atoms. The second kappa shape index (κ2) is 7.19. The molecule has 0 unspecified atom stereocenters. The molecule has 0 saturated carbocycles. The molecular formula is C10H19N5S. The lowest BCUT2D eigenvalue weighted by Crippen LogP contribution is -2.41. The van der Waals surface area contributed by atoms with Gasteiger partial charge in [-0.3, -0.25) is 5.43 Å². The highest BCUT2D eigenvalue weighted by Crippen LogP contribution is 2.11. The van der Waals surface area contributed by atoms with Crippen LogP contribution in [-0.2, 0) is 6.54 Å². The predicted octanol–water partition coefficient (Wildman–Crippen LogP) is 1.16. The molecule has 0 spiro atoms. The third-order valence-electron chi connectivity index (χ3n) is 2.00. The minimum Gasteiger partial charge on any atom is -0.355 e. The van der Waals surface area contributed by atoms with Crippen LogP contribution in [0.3, 0.4) is 0 Å². The number of hydrazine groups is 1. The van der Waals surface area contributed by atoms with Gasteiger partial charge in [0.15, 0.2) is 0 Å². The third-order valence-corrected chi connectivity index (χ3v) is 2.90. The Labute approximate surface area is 100 Å². The highest BCUT2D eigenvalue weighted by atomic mass is 32.1. The van der Waals surface area contributed by atoms with Crippen molar-refractivity contribution in [3.05, 3.63) is 16.1 Å². The Balaban J connectivity index is 2.40. The van der Waals surface area contributed by atoms with Crippen molar-refractivity contribution in [2.45, 2.75) is 33.2 Å². The molecule has 16 heavy (non-hydrogen) atoms. The summed E-state index contributed by atoms with van der Waals surface area (Å²) in [5, 5.41) is 4.14. The number of unbranched alkanes of at least 4 members (excludes halogenated alkanes) is 1. The molecule has 0 saturated heterocycles. The number of aliphatic imine (C=N–C) groups is 1. The number of hydrogen-bond donors (Lipinski definition) is 3. The highest BCUT2D eigenvalue weighted by Gasteiger charge is 1.99. The molecule has 0 fully saturated rings. The van der Waals surface area contributed by atoms with Gasteiger partial charge in [0.2, 0.25) is 5.96 Å². The fourth-order valence-electron chi connectivity index (χ4n) is 1.16.